The van der Waals surface area contributed by atoms with E-state index in [2.05, 4.69) is 13.0 Å². The summed E-state index contributed by atoms with van der Waals surface area (Å²) in [5.74, 6) is -3.23. The monoisotopic (exact) mass is 457 g/mol. The molecule has 1 aliphatic rings. The van der Waals surface area contributed by atoms with Gasteiger partial charge in [-0.1, -0.05) is 44.8 Å². The van der Waals surface area contributed by atoms with Crippen LogP contribution in [0.5, 0.6) is 0 Å². The van der Waals surface area contributed by atoms with Crippen LogP contribution in [0.1, 0.15) is 45.4 Å². The molecule has 1 rings (SSSR count). The number of aliphatic carboxylic acids is 1. The van der Waals surface area contributed by atoms with Crippen LogP contribution in [-0.2, 0) is 28.5 Å². The number of hydrogen-bond acceptors (Lipinski definition) is 7. The Bertz CT molecular complexity index is 543. The Labute approximate surface area is 180 Å². The minimum absolute atomic E-state index is 0.168. The minimum atomic E-state index is -5.08. The second-order valence-corrected chi connectivity index (χ2v) is 6.86. The first-order chi connectivity index (χ1) is 14.6. The fraction of sp³-hybridized carbons (Fsp3) is 0.800. The molecule has 0 aromatic rings. The van der Waals surface area contributed by atoms with E-state index >= 15 is 0 Å². The summed E-state index contributed by atoms with van der Waals surface area (Å²) in [6, 6.07) is 0. The molecule has 0 bridgehead atoms. The summed E-state index contributed by atoms with van der Waals surface area (Å²) in [6.45, 7) is 2.44. The zero-order chi connectivity index (χ0) is 23.9. The Morgan fingerprint density at radius 1 is 1.13 bits per heavy atom. The molecular formula is C20H34F3NO7. The molecule has 0 radical (unpaired) electrons. The first-order valence-electron chi connectivity index (χ1n) is 10.2. The van der Waals surface area contributed by atoms with Gasteiger partial charge in [0.25, 0.3) is 0 Å². The Hall–Kier alpha value is -1.69. The fourth-order valence-corrected chi connectivity index (χ4v) is 2.88. The average molecular weight is 457 g/mol. The zero-order valence-corrected chi connectivity index (χ0v) is 18.2. The molecule has 11 heteroatoms. The number of halogens is 3. The zero-order valence-electron chi connectivity index (χ0n) is 18.2. The average Bonchev–Trinajstić information content (AvgIpc) is 2.73. The standard InChI is InChI=1S/C18H33NO5.C2HF3O2/c1-4-5-6-7-8-9-10-11-14-18(24-16(20)12-19)17(22-3)15(21-2)13-23-14;3-2(4,5)1(6)7/h10-11,14-15,17-18H,4-9,12-13,19H2,1-3H3;(H,6,7)/b11-10+;/t14-,15+,17-,18+;/m0./s1. The maximum atomic E-state index is 11.6. The number of hydrogen-bond donors (Lipinski definition) is 2. The Morgan fingerprint density at radius 3 is 2.23 bits per heavy atom. The molecular weight excluding hydrogens is 423 g/mol. The molecule has 1 heterocycles. The molecule has 0 spiro atoms. The Balaban J connectivity index is 0.00000110. The lowest BCUT2D eigenvalue weighted by atomic mass is 9.98. The van der Waals surface area contributed by atoms with E-state index in [0.717, 1.165) is 12.8 Å². The highest BCUT2D eigenvalue weighted by atomic mass is 19.4. The summed E-state index contributed by atoms with van der Waals surface area (Å²) in [5, 5.41) is 7.12. The third-order valence-electron chi connectivity index (χ3n) is 4.52. The van der Waals surface area contributed by atoms with Crippen LogP contribution < -0.4 is 5.73 Å². The van der Waals surface area contributed by atoms with Gasteiger partial charge in [-0.25, -0.2) is 4.79 Å². The number of carbonyl (C=O) groups is 2. The summed E-state index contributed by atoms with van der Waals surface area (Å²) in [6.07, 6.45) is 4.64. The number of esters is 1. The second kappa shape index (κ2) is 16.0. The molecule has 0 unspecified atom stereocenters. The molecule has 31 heavy (non-hydrogen) atoms. The van der Waals surface area contributed by atoms with Crippen LogP contribution in [0.3, 0.4) is 0 Å². The SMILES string of the molecule is CCCCCCC/C=C/[C@@H]1OC[C@@H](OC)[C@H](OC)[C@@H]1OC(=O)CN.O=C(O)C(F)(F)F. The van der Waals surface area contributed by atoms with Crippen molar-refractivity contribution < 1.29 is 46.8 Å². The van der Waals surface area contributed by atoms with Gasteiger partial charge in [0, 0.05) is 14.2 Å². The van der Waals surface area contributed by atoms with E-state index < -0.39 is 24.2 Å². The predicted octanol–water partition coefficient (Wildman–Crippen LogP) is 2.84. The van der Waals surface area contributed by atoms with Crippen LogP contribution >= 0.6 is 0 Å². The summed E-state index contributed by atoms with van der Waals surface area (Å²) < 4.78 is 53.9. The minimum Gasteiger partial charge on any atom is -0.475 e. The van der Waals surface area contributed by atoms with E-state index in [4.69, 9.17) is 34.6 Å². The molecule has 0 amide bonds. The van der Waals surface area contributed by atoms with Crippen molar-refractivity contribution in [2.24, 2.45) is 5.73 Å². The van der Waals surface area contributed by atoms with E-state index in [-0.39, 0.29) is 24.9 Å². The molecule has 1 aliphatic heterocycles. The van der Waals surface area contributed by atoms with Crippen molar-refractivity contribution in [2.45, 2.75) is 76.0 Å². The van der Waals surface area contributed by atoms with Gasteiger partial charge in [0.05, 0.1) is 13.2 Å². The van der Waals surface area contributed by atoms with Crippen molar-refractivity contribution in [2.75, 3.05) is 27.4 Å². The number of unbranched alkanes of at least 4 members (excludes halogenated alkanes) is 5. The molecule has 4 atom stereocenters. The molecule has 182 valence electrons. The molecule has 0 aromatic heterocycles. The maximum absolute atomic E-state index is 11.6. The van der Waals surface area contributed by atoms with Crippen molar-refractivity contribution in [1.82, 2.24) is 0 Å². The van der Waals surface area contributed by atoms with E-state index in [1.54, 1.807) is 14.2 Å². The highest BCUT2D eigenvalue weighted by molar-refractivity contribution is 5.73. The highest BCUT2D eigenvalue weighted by Gasteiger charge is 2.42. The number of ether oxygens (including phenoxy) is 4. The lowest BCUT2D eigenvalue weighted by Crippen LogP contribution is -2.55. The van der Waals surface area contributed by atoms with Crippen LogP contribution in [0.25, 0.3) is 0 Å². The maximum Gasteiger partial charge on any atom is 0.490 e. The van der Waals surface area contributed by atoms with Gasteiger partial charge in [-0.05, 0) is 12.8 Å². The van der Waals surface area contributed by atoms with Crippen LogP contribution in [-0.4, -0.2) is 75.0 Å². The van der Waals surface area contributed by atoms with Gasteiger partial charge >= 0.3 is 18.1 Å². The number of allylic oxidation sites excluding steroid dienone is 1. The summed E-state index contributed by atoms with van der Waals surface area (Å²) in [5.41, 5.74) is 5.36. The lowest BCUT2D eigenvalue weighted by Gasteiger charge is -2.39. The molecule has 0 aromatic carbocycles. The molecule has 1 saturated heterocycles. The van der Waals surface area contributed by atoms with E-state index in [1.807, 2.05) is 6.08 Å². The Morgan fingerprint density at radius 2 is 1.74 bits per heavy atom. The molecule has 0 aliphatic carbocycles. The van der Waals surface area contributed by atoms with Crippen molar-refractivity contribution in [3.05, 3.63) is 12.2 Å². The van der Waals surface area contributed by atoms with Gasteiger partial charge in [0.2, 0.25) is 0 Å². The van der Waals surface area contributed by atoms with Gasteiger partial charge in [0.15, 0.2) is 6.10 Å². The summed E-state index contributed by atoms with van der Waals surface area (Å²) >= 11 is 0. The van der Waals surface area contributed by atoms with Crippen molar-refractivity contribution in [1.29, 1.82) is 0 Å². The quantitative estimate of drug-likeness (QED) is 0.276. The summed E-state index contributed by atoms with van der Waals surface area (Å²) in [4.78, 5) is 20.5. The van der Waals surface area contributed by atoms with Crippen LogP contribution in [0.4, 0.5) is 13.2 Å². The lowest BCUT2D eigenvalue weighted by molar-refractivity contribution is -0.209. The molecule has 1 fully saturated rings. The van der Waals surface area contributed by atoms with Crippen LogP contribution in [0, 0.1) is 0 Å². The number of carboxylic acids is 1. The first kappa shape index (κ1) is 29.3. The number of rotatable bonds is 11. The normalized spacial score (nSPS) is 23.8. The van der Waals surface area contributed by atoms with Gasteiger partial charge in [-0.15, -0.1) is 0 Å². The van der Waals surface area contributed by atoms with E-state index in [9.17, 15) is 18.0 Å². The first-order valence-corrected chi connectivity index (χ1v) is 10.2. The van der Waals surface area contributed by atoms with E-state index in [0.29, 0.717) is 6.61 Å². The number of nitrogens with two attached hydrogens (primary N) is 1. The topological polar surface area (TPSA) is 117 Å². The highest BCUT2D eigenvalue weighted by Crippen LogP contribution is 2.24. The van der Waals surface area contributed by atoms with E-state index in [1.165, 1.54) is 25.7 Å². The number of alkyl halides is 3. The predicted molar refractivity (Wildman–Crippen MR) is 106 cm³/mol. The van der Waals surface area contributed by atoms with Crippen LogP contribution in [0.2, 0.25) is 0 Å². The summed E-state index contributed by atoms with van der Waals surface area (Å²) in [7, 11) is 3.17. The largest absolute Gasteiger partial charge is 0.490 e. The van der Waals surface area contributed by atoms with Gasteiger partial charge in [-0.3, -0.25) is 4.79 Å². The van der Waals surface area contributed by atoms with Crippen molar-refractivity contribution >= 4 is 11.9 Å². The second-order valence-electron chi connectivity index (χ2n) is 6.86. The third-order valence-corrected chi connectivity index (χ3v) is 4.52. The fourth-order valence-electron chi connectivity index (χ4n) is 2.88. The Kier molecular flexibility index (Phi) is 15.1. The van der Waals surface area contributed by atoms with Gasteiger partial charge in [-0.2, -0.15) is 13.2 Å². The molecule has 3 N–H and O–H groups in total. The van der Waals surface area contributed by atoms with Crippen molar-refractivity contribution in [3.63, 3.8) is 0 Å². The van der Waals surface area contributed by atoms with Gasteiger partial charge < -0.3 is 29.8 Å². The molecule has 8 nitrogen and oxygen atoms in total. The molecule has 0 saturated carbocycles. The van der Waals surface area contributed by atoms with Crippen LogP contribution in [0.15, 0.2) is 12.2 Å². The number of carbonyl (C=O) groups excluding carboxylic acids is 1. The smallest absolute Gasteiger partial charge is 0.475 e. The third kappa shape index (κ3) is 12.1. The van der Waals surface area contributed by atoms with Crippen molar-refractivity contribution in [3.8, 4) is 0 Å². The number of carboxylic acid groups (broad SMARTS) is 1. The number of methoxy groups -OCH3 is 2. The van der Waals surface area contributed by atoms with Gasteiger partial charge in [0.1, 0.15) is 18.3 Å².